The molecule has 170 valence electrons. The summed E-state index contributed by atoms with van der Waals surface area (Å²) >= 11 is 11.9. The number of halogens is 10. The predicted octanol–water partition coefficient (Wildman–Crippen LogP) is 4.81. The Morgan fingerprint density at radius 1 is 1.00 bits per heavy atom. The van der Waals surface area contributed by atoms with E-state index in [1.165, 1.54) is 0 Å². The van der Waals surface area contributed by atoms with Crippen molar-refractivity contribution in [3.05, 3.63) is 35.7 Å². The third kappa shape index (κ3) is 5.03. The fraction of sp³-hybridized carbons (Fsp3) is 0.438. The van der Waals surface area contributed by atoms with E-state index in [0.29, 0.717) is 12.1 Å². The molecule has 31 heavy (non-hydrogen) atoms. The van der Waals surface area contributed by atoms with Gasteiger partial charge in [-0.2, -0.15) is 26.3 Å². The molecule has 1 saturated heterocycles. The van der Waals surface area contributed by atoms with Crippen LogP contribution in [0.1, 0.15) is 16.6 Å². The lowest BCUT2D eigenvalue weighted by molar-refractivity contribution is -0.165. The van der Waals surface area contributed by atoms with Gasteiger partial charge in [0.1, 0.15) is 11.7 Å². The Kier molecular flexibility index (Phi) is 5.89. The summed E-state index contributed by atoms with van der Waals surface area (Å²) in [4.78, 5) is 16.4. The molecule has 2 aromatic rings. The van der Waals surface area contributed by atoms with Gasteiger partial charge < -0.3 is 4.90 Å². The van der Waals surface area contributed by atoms with E-state index in [2.05, 4.69) is 10.1 Å². The molecule has 5 nitrogen and oxygen atoms in total. The lowest BCUT2D eigenvalue weighted by Gasteiger charge is -2.39. The summed E-state index contributed by atoms with van der Waals surface area (Å²) in [5, 5.41) is 2.10. The number of likely N-dealkylation sites (tertiary alicyclic amines) is 1. The number of nitrogens with zero attached hydrogens (tertiary/aromatic N) is 4. The number of rotatable bonds is 4. The van der Waals surface area contributed by atoms with Gasteiger partial charge in [-0.1, -0.05) is 11.6 Å². The van der Waals surface area contributed by atoms with Crippen LogP contribution in [0.15, 0.2) is 24.5 Å². The first-order valence-corrected chi connectivity index (χ1v) is 9.11. The highest BCUT2D eigenvalue weighted by molar-refractivity contribution is 6.36. The van der Waals surface area contributed by atoms with E-state index in [-0.39, 0.29) is 6.07 Å². The van der Waals surface area contributed by atoms with Gasteiger partial charge in [-0.25, -0.2) is 18.4 Å². The normalized spacial score (nSPS) is 18.5. The number of carbonyl (C=O) groups excluding carboxylic acids is 1. The molecule has 0 bridgehead atoms. The molecule has 2 atom stereocenters. The second-order valence-corrected chi connectivity index (χ2v) is 7.58. The van der Waals surface area contributed by atoms with Crippen molar-refractivity contribution < 1.29 is 39.9 Å². The first-order chi connectivity index (χ1) is 14.1. The fourth-order valence-electron chi connectivity index (χ4n) is 2.70. The minimum atomic E-state index is -5.07. The van der Waals surface area contributed by atoms with Crippen molar-refractivity contribution in [2.75, 3.05) is 13.1 Å². The van der Waals surface area contributed by atoms with Gasteiger partial charge in [0.25, 0.3) is 5.92 Å². The third-order valence-electron chi connectivity index (χ3n) is 4.24. The Morgan fingerprint density at radius 3 is 1.97 bits per heavy atom. The van der Waals surface area contributed by atoms with Crippen LogP contribution < -0.4 is 0 Å². The second kappa shape index (κ2) is 7.76. The highest BCUT2D eigenvalue weighted by atomic mass is 35.5. The van der Waals surface area contributed by atoms with Gasteiger partial charge in [0.2, 0.25) is 5.91 Å². The monoisotopic (exact) mass is 496 g/mol. The van der Waals surface area contributed by atoms with Crippen molar-refractivity contribution in [2.45, 2.75) is 29.2 Å². The van der Waals surface area contributed by atoms with E-state index in [4.69, 9.17) is 23.2 Å². The molecule has 1 fully saturated rings. The van der Waals surface area contributed by atoms with Gasteiger partial charge in [0.15, 0.2) is 11.3 Å². The number of hydrogen-bond donors (Lipinski definition) is 0. The van der Waals surface area contributed by atoms with Gasteiger partial charge in [0, 0.05) is 5.56 Å². The summed E-state index contributed by atoms with van der Waals surface area (Å²) in [5.74, 6) is -4.54. The van der Waals surface area contributed by atoms with E-state index in [1.54, 1.807) is 0 Å². The van der Waals surface area contributed by atoms with Crippen LogP contribution in [-0.4, -0.2) is 50.0 Å². The average Bonchev–Trinajstić information content (AvgIpc) is 3.12. The molecule has 2 unspecified atom stereocenters. The second-order valence-electron chi connectivity index (χ2n) is 6.67. The molecule has 0 N–H and O–H groups in total. The van der Waals surface area contributed by atoms with Gasteiger partial charge in [0.05, 0.1) is 24.2 Å². The van der Waals surface area contributed by atoms with Gasteiger partial charge >= 0.3 is 12.4 Å². The van der Waals surface area contributed by atoms with Crippen LogP contribution in [0.2, 0.25) is 0 Å². The third-order valence-corrected chi connectivity index (χ3v) is 5.25. The summed E-state index contributed by atoms with van der Waals surface area (Å²) in [7, 11) is 0. The molecule has 1 aromatic carbocycles. The van der Waals surface area contributed by atoms with Gasteiger partial charge in [-0.15, -0.1) is 16.7 Å². The molecule has 1 amide bonds. The minimum Gasteiger partial charge on any atom is -0.329 e. The first kappa shape index (κ1) is 23.5. The lowest BCUT2D eigenvalue weighted by Crippen LogP contribution is -2.60. The maximum Gasteiger partial charge on any atom is 0.416 e. The van der Waals surface area contributed by atoms with Crippen molar-refractivity contribution in [2.24, 2.45) is 0 Å². The van der Waals surface area contributed by atoms with E-state index >= 15 is 0 Å². The van der Waals surface area contributed by atoms with Crippen molar-refractivity contribution in [1.29, 1.82) is 0 Å². The van der Waals surface area contributed by atoms with Crippen LogP contribution in [0, 0.1) is 0 Å². The molecular weight excluding hydrogens is 487 g/mol. The highest BCUT2D eigenvalue weighted by Crippen LogP contribution is 2.38. The van der Waals surface area contributed by atoms with Crippen LogP contribution in [0.4, 0.5) is 35.1 Å². The zero-order valence-corrected chi connectivity index (χ0v) is 16.4. The van der Waals surface area contributed by atoms with E-state index in [1.807, 2.05) is 0 Å². The smallest absolute Gasteiger partial charge is 0.329 e. The largest absolute Gasteiger partial charge is 0.416 e. The summed E-state index contributed by atoms with van der Waals surface area (Å²) in [5.41, 5.74) is -5.25. The van der Waals surface area contributed by atoms with E-state index < -0.39 is 70.7 Å². The Bertz CT molecular complexity index is 950. The van der Waals surface area contributed by atoms with E-state index in [0.717, 1.165) is 15.9 Å². The fourth-order valence-corrected chi connectivity index (χ4v) is 3.16. The summed E-state index contributed by atoms with van der Waals surface area (Å²) in [6.07, 6.45) is -9.30. The summed E-state index contributed by atoms with van der Waals surface area (Å²) < 4.78 is 105. The quantitative estimate of drug-likeness (QED) is 0.451. The molecule has 0 aliphatic carbocycles. The minimum absolute atomic E-state index is 0.0544. The molecule has 2 heterocycles. The molecular formula is C16H10Cl2F8N4O. The highest BCUT2D eigenvalue weighted by Gasteiger charge is 2.48. The van der Waals surface area contributed by atoms with Crippen LogP contribution >= 0.6 is 23.2 Å². The Balaban J connectivity index is 1.87. The molecule has 3 rings (SSSR count). The van der Waals surface area contributed by atoms with Crippen LogP contribution in [0.25, 0.3) is 11.4 Å². The van der Waals surface area contributed by atoms with Crippen molar-refractivity contribution >= 4 is 29.1 Å². The Morgan fingerprint density at radius 2 is 1.52 bits per heavy atom. The van der Waals surface area contributed by atoms with Gasteiger partial charge in [-0.3, -0.25) is 4.79 Å². The number of amides is 1. The summed E-state index contributed by atoms with van der Waals surface area (Å²) in [6, 6.07) is 0.786. The Labute approximate surface area is 178 Å². The van der Waals surface area contributed by atoms with Crippen molar-refractivity contribution in [1.82, 2.24) is 19.7 Å². The number of hydrogen-bond acceptors (Lipinski definition) is 3. The SMILES string of the molecule is O=C(C(Cl)C(Cl)n1cnc(-c2cc(C(F)(F)F)cc(C(F)(F)F)c2)n1)N1CC(F)(F)C1. The number of carbonyl (C=O) groups is 1. The molecule has 0 saturated carbocycles. The molecule has 0 spiro atoms. The average molecular weight is 497 g/mol. The lowest BCUT2D eigenvalue weighted by atomic mass is 10.0. The molecule has 1 aromatic heterocycles. The number of aromatic nitrogens is 3. The van der Waals surface area contributed by atoms with Crippen LogP contribution in [-0.2, 0) is 17.1 Å². The molecule has 15 heteroatoms. The molecule has 1 aliphatic rings. The number of benzene rings is 1. The zero-order chi connectivity index (χ0) is 23.4. The zero-order valence-electron chi connectivity index (χ0n) is 14.9. The van der Waals surface area contributed by atoms with Crippen molar-refractivity contribution in [3.8, 4) is 11.4 Å². The predicted molar refractivity (Wildman–Crippen MR) is 91.5 cm³/mol. The van der Waals surface area contributed by atoms with Gasteiger partial charge in [-0.05, 0) is 18.2 Å². The molecule has 1 aliphatic heterocycles. The Hall–Kier alpha value is -2.15. The standard InChI is InChI=1S/C16H10Cl2F8N4O/c17-10(13(31)29-4-14(19,20)5-29)11(18)30-6-27-12(28-30)7-1-8(15(21,22)23)3-9(2-7)16(24,25)26/h1-3,6,10-11H,4-5H2. The van der Waals surface area contributed by atoms with Crippen molar-refractivity contribution in [3.63, 3.8) is 0 Å². The van der Waals surface area contributed by atoms with Crippen LogP contribution in [0.3, 0.4) is 0 Å². The first-order valence-electron chi connectivity index (χ1n) is 8.24. The maximum atomic E-state index is 13.0. The van der Waals surface area contributed by atoms with E-state index in [9.17, 15) is 39.9 Å². The number of alkyl halides is 10. The van der Waals surface area contributed by atoms with Crippen LogP contribution in [0.5, 0.6) is 0 Å². The molecule has 0 radical (unpaired) electrons. The summed E-state index contributed by atoms with van der Waals surface area (Å²) in [6.45, 7) is -1.71. The topological polar surface area (TPSA) is 51.0 Å². The maximum absolute atomic E-state index is 13.0.